The average molecular weight is 266 g/mol. The molecule has 18 heavy (non-hydrogen) atoms. The van der Waals surface area contributed by atoms with Crippen LogP contribution in [0.15, 0.2) is 35.4 Å². The van der Waals surface area contributed by atoms with Gasteiger partial charge in [-0.05, 0) is 17.7 Å². The number of halogens is 1. The summed E-state index contributed by atoms with van der Waals surface area (Å²) in [6.45, 7) is 0.528. The fourth-order valence-electron chi connectivity index (χ4n) is 1.44. The van der Waals surface area contributed by atoms with Crippen molar-refractivity contribution in [1.29, 1.82) is 0 Å². The molecule has 1 heterocycles. The summed E-state index contributed by atoms with van der Waals surface area (Å²) in [5.41, 5.74) is 0.679. The maximum Gasteiger partial charge on any atom is 0.271 e. The Bertz CT molecular complexity index is 581. The first-order valence-corrected chi connectivity index (χ1v) is 5.68. The monoisotopic (exact) mass is 265 g/mol. The van der Waals surface area contributed by atoms with E-state index in [0.29, 0.717) is 12.4 Å². The van der Waals surface area contributed by atoms with E-state index in [1.807, 2.05) is 24.3 Å². The molecule has 0 saturated carbocycles. The number of ether oxygens (including phenoxy) is 1. The third kappa shape index (κ3) is 2.81. The summed E-state index contributed by atoms with van der Waals surface area (Å²) in [5, 5.41) is 3.06. The quantitative estimate of drug-likeness (QED) is 0.888. The molecule has 5 nitrogen and oxygen atoms in total. The summed E-state index contributed by atoms with van der Waals surface area (Å²) >= 11 is 5.82. The Balaban J connectivity index is 2.06. The van der Waals surface area contributed by atoms with Crippen molar-refractivity contribution in [3.05, 3.63) is 51.5 Å². The number of nitrogens with zero attached hydrogens (tertiary/aromatic N) is 1. The van der Waals surface area contributed by atoms with Crippen molar-refractivity contribution in [1.82, 2.24) is 9.97 Å². The van der Waals surface area contributed by atoms with Crippen LogP contribution in [0.4, 0.5) is 5.82 Å². The predicted octanol–water partition coefficient (Wildman–Crippen LogP) is 2.04. The van der Waals surface area contributed by atoms with Crippen molar-refractivity contribution in [2.24, 2.45) is 0 Å². The van der Waals surface area contributed by atoms with Crippen LogP contribution in [0, 0.1) is 0 Å². The molecule has 2 N–H and O–H groups in total. The van der Waals surface area contributed by atoms with Gasteiger partial charge in [0.2, 0.25) is 0 Å². The third-order valence-corrected chi connectivity index (χ3v) is 2.77. The van der Waals surface area contributed by atoms with Gasteiger partial charge in [0.25, 0.3) is 5.56 Å². The first-order valence-electron chi connectivity index (χ1n) is 5.30. The molecule has 0 spiro atoms. The van der Waals surface area contributed by atoms with Crippen LogP contribution in [0.5, 0.6) is 5.75 Å². The molecule has 94 valence electrons. The molecular weight excluding hydrogens is 254 g/mol. The first-order chi connectivity index (χ1) is 8.70. The lowest BCUT2D eigenvalue weighted by molar-refractivity contribution is 0.414. The van der Waals surface area contributed by atoms with E-state index in [0.717, 1.165) is 11.3 Å². The van der Waals surface area contributed by atoms with Gasteiger partial charge in [-0.3, -0.25) is 4.79 Å². The number of H-pyrrole nitrogens is 1. The summed E-state index contributed by atoms with van der Waals surface area (Å²) < 4.78 is 5.07. The molecule has 0 aliphatic carbocycles. The Hall–Kier alpha value is -2.01. The number of hydrogen-bond donors (Lipinski definition) is 2. The van der Waals surface area contributed by atoms with Crippen molar-refractivity contribution < 1.29 is 4.74 Å². The summed E-state index contributed by atoms with van der Waals surface area (Å²) in [5.74, 6) is 1.17. The first kappa shape index (κ1) is 12.4. The molecular formula is C12H12ClN3O2. The van der Waals surface area contributed by atoms with Crippen molar-refractivity contribution in [2.45, 2.75) is 6.54 Å². The van der Waals surface area contributed by atoms with Crippen LogP contribution in [0.3, 0.4) is 0 Å². The van der Waals surface area contributed by atoms with Crippen LogP contribution >= 0.6 is 11.6 Å². The van der Waals surface area contributed by atoms with Crippen LogP contribution in [-0.4, -0.2) is 17.1 Å². The van der Waals surface area contributed by atoms with Gasteiger partial charge in [-0.2, -0.15) is 0 Å². The van der Waals surface area contributed by atoms with E-state index in [1.54, 1.807) is 7.11 Å². The fraction of sp³-hybridized carbons (Fsp3) is 0.167. The van der Waals surface area contributed by atoms with E-state index in [9.17, 15) is 4.79 Å². The topological polar surface area (TPSA) is 67.0 Å². The largest absolute Gasteiger partial charge is 0.497 e. The van der Waals surface area contributed by atoms with Crippen LogP contribution in [0.1, 0.15) is 5.56 Å². The Kier molecular flexibility index (Phi) is 3.84. The Labute approximate surface area is 109 Å². The van der Waals surface area contributed by atoms with E-state index >= 15 is 0 Å². The number of aromatic nitrogens is 2. The molecule has 0 aliphatic heterocycles. The zero-order valence-electron chi connectivity index (χ0n) is 9.74. The summed E-state index contributed by atoms with van der Waals surface area (Å²) in [6, 6.07) is 7.58. The lowest BCUT2D eigenvalue weighted by Crippen LogP contribution is -2.11. The van der Waals surface area contributed by atoms with Crippen molar-refractivity contribution in [3.8, 4) is 5.75 Å². The van der Waals surface area contributed by atoms with E-state index in [1.165, 1.54) is 6.33 Å². The van der Waals surface area contributed by atoms with Crippen molar-refractivity contribution in [2.75, 3.05) is 12.4 Å². The molecule has 1 aromatic heterocycles. The van der Waals surface area contributed by atoms with Gasteiger partial charge in [0.1, 0.15) is 10.8 Å². The maximum atomic E-state index is 11.3. The van der Waals surface area contributed by atoms with Crippen LogP contribution in [0.25, 0.3) is 0 Å². The zero-order chi connectivity index (χ0) is 13.0. The fourth-order valence-corrected chi connectivity index (χ4v) is 1.61. The second kappa shape index (κ2) is 5.55. The molecule has 0 unspecified atom stereocenters. The minimum absolute atomic E-state index is 0.0611. The lowest BCUT2D eigenvalue weighted by atomic mass is 10.2. The number of methoxy groups -OCH3 is 1. The van der Waals surface area contributed by atoms with Gasteiger partial charge in [-0.1, -0.05) is 23.7 Å². The maximum absolute atomic E-state index is 11.3. The number of aromatic amines is 1. The molecule has 0 bridgehead atoms. The van der Waals surface area contributed by atoms with Gasteiger partial charge in [0.15, 0.2) is 5.82 Å². The second-order valence-corrected chi connectivity index (χ2v) is 3.97. The van der Waals surface area contributed by atoms with Crippen LogP contribution in [-0.2, 0) is 6.54 Å². The third-order valence-electron chi connectivity index (χ3n) is 2.42. The highest BCUT2D eigenvalue weighted by atomic mass is 35.5. The zero-order valence-corrected chi connectivity index (χ0v) is 10.5. The number of benzene rings is 1. The Morgan fingerprint density at radius 2 is 2.11 bits per heavy atom. The van der Waals surface area contributed by atoms with Gasteiger partial charge in [-0.15, -0.1) is 0 Å². The number of hydrogen-bond acceptors (Lipinski definition) is 4. The van der Waals surface area contributed by atoms with E-state index in [4.69, 9.17) is 16.3 Å². The molecule has 1 aromatic carbocycles. The molecule has 0 atom stereocenters. The molecule has 0 aliphatic rings. The minimum Gasteiger partial charge on any atom is -0.497 e. The molecule has 0 fully saturated rings. The highest BCUT2D eigenvalue weighted by Crippen LogP contribution is 2.15. The van der Waals surface area contributed by atoms with Gasteiger partial charge < -0.3 is 15.0 Å². The number of rotatable bonds is 4. The van der Waals surface area contributed by atoms with E-state index < -0.39 is 0 Å². The van der Waals surface area contributed by atoms with Crippen molar-refractivity contribution >= 4 is 17.4 Å². The van der Waals surface area contributed by atoms with Gasteiger partial charge >= 0.3 is 0 Å². The lowest BCUT2D eigenvalue weighted by Gasteiger charge is -2.07. The second-order valence-electron chi connectivity index (χ2n) is 3.60. The van der Waals surface area contributed by atoms with Crippen LogP contribution < -0.4 is 15.6 Å². The smallest absolute Gasteiger partial charge is 0.271 e. The Morgan fingerprint density at radius 1 is 1.39 bits per heavy atom. The number of anilines is 1. The Morgan fingerprint density at radius 3 is 2.78 bits per heavy atom. The molecule has 0 saturated heterocycles. The number of nitrogens with one attached hydrogen (secondary N) is 2. The van der Waals surface area contributed by atoms with E-state index in [-0.39, 0.29) is 10.6 Å². The molecule has 0 radical (unpaired) electrons. The molecule has 2 aromatic rings. The van der Waals surface area contributed by atoms with Crippen LogP contribution in [0.2, 0.25) is 5.02 Å². The summed E-state index contributed by atoms with van der Waals surface area (Å²) in [6.07, 6.45) is 1.31. The van der Waals surface area contributed by atoms with E-state index in [2.05, 4.69) is 15.3 Å². The predicted molar refractivity (Wildman–Crippen MR) is 70.2 cm³/mol. The van der Waals surface area contributed by atoms with Crippen molar-refractivity contribution in [3.63, 3.8) is 0 Å². The normalized spacial score (nSPS) is 10.1. The average Bonchev–Trinajstić information content (AvgIpc) is 2.41. The van der Waals surface area contributed by atoms with Gasteiger partial charge in [0, 0.05) is 6.54 Å². The van der Waals surface area contributed by atoms with Gasteiger partial charge in [0.05, 0.1) is 13.4 Å². The molecule has 6 heteroatoms. The summed E-state index contributed by atoms with van der Waals surface area (Å²) in [7, 11) is 1.62. The van der Waals surface area contributed by atoms with Gasteiger partial charge in [-0.25, -0.2) is 4.98 Å². The molecule has 2 rings (SSSR count). The highest BCUT2D eigenvalue weighted by Gasteiger charge is 2.04. The SMILES string of the molecule is COc1ccc(CNc2nc[nH]c(=O)c2Cl)cc1. The molecule has 0 amide bonds. The highest BCUT2D eigenvalue weighted by molar-refractivity contribution is 6.32. The summed E-state index contributed by atoms with van der Waals surface area (Å²) in [4.78, 5) is 17.6. The standard InChI is InChI=1S/C12H12ClN3O2/c1-18-9-4-2-8(3-5-9)6-14-11-10(13)12(17)16-7-15-11/h2-5,7H,6H2,1H3,(H2,14,15,16,17). The minimum atomic E-state index is -0.358.